The number of aromatic amines is 1. The molecule has 0 amide bonds. The number of furan rings is 1. The van der Waals surface area contributed by atoms with Crippen molar-refractivity contribution in [1.82, 2.24) is 9.97 Å². The maximum atomic E-state index is 11.5. The van der Waals surface area contributed by atoms with Crippen LogP contribution in [0.2, 0.25) is 0 Å². The molecule has 1 aromatic carbocycles. The number of aromatic nitrogens is 2. The quantitative estimate of drug-likeness (QED) is 0.527. The number of pyridine rings is 1. The van der Waals surface area contributed by atoms with E-state index in [2.05, 4.69) is 9.97 Å². The first-order valence-electron chi connectivity index (χ1n) is 7.54. The molecular weight excluding hydrogens is 324 g/mol. The van der Waals surface area contributed by atoms with Gasteiger partial charge in [0.25, 0.3) is 0 Å². The van der Waals surface area contributed by atoms with Crippen LogP contribution in [0.25, 0.3) is 33.3 Å². The fourth-order valence-corrected chi connectivity index (χ4v) is 2.88. The van der Waals surface area contributed by atoms with Crippen molar-refractivity contribution in [3.05, 3.63) is 47.9 Å². The molecule has 3 N–H and O–H groups in total. The third-order valence-corrected chi connectivity index (χ3v) is 4.07. The van der Waals surface area contributed by atoms with E-state index in [4.69, 9.17) is 9.15 Å². The van der Waals surface area contributed by atoms with Crippen LogP contribution >= 0.6 is 0 Å². The second-order valence-corrected chi connectivity index (χ2v) is 5.54. The maximum Gasteiger partial charge on any atom is 0.354 e. The van der Waals surface area contributed by atoms with Crippen LogP contribution in [-0.4, -0.2) is 33.3 Å². The van der Waals surface area contributed by atoms with Crippen LogP contribution < -0.4 is 4.74 Å². The standard InChI is InChI=1S/C18H14N2O5/c1-24-9-2-4-13-11(6-9)12-7-14(18(22)23)20-17(16(12)19-13)15-5-3-10(8-21)25-15/h2-7,19,21H,8H2,1H3,(H,22,23). The summed E-state index contributed by atoms with van der Waals surface area (Å²) in [4.78, 5) is 19.0. The highest BCUT2D eigenvalue weighted by molar-refractivity contribution is 6.12. The number of carbonyl (C=O) groups is 1. The number of aliphatic hydroxyl groups excluding tert-OH is 1. The van der Waals surface area contributed by atoms with Gasteiger partial charge in [-0.1, -0.05) is 0 Å². The van der Waals surface area contributed by atoms with Gasteiger partial charge in [0.15, 0.2) is 5.76 Å². The zero-order chi connectivity index (χ0) is 17.6. The average molecular weight is 338 g/mol. The monoisotopic (exact) mass is 338 g/mol. The van der Waals surface area contributed by atoms with Gasteiger partial charge < -0.3 is 24.4 Å². The Kier molecular flexibility index (Phi) is 3.43. The van der Waals surface area contributed by atoms with Crippen molar-refractivity contribution in [1.29, 1.82) is 0 Å². The van der Waals surface area contributed by atoms with E-state index in [9.17, 15) is 15.0 Å². The molecule has 0 aliphatic rings. The number of nitrogens with one attached hydrogen (secondary N) is 1. The van der Waals surface area contributed by atoms with Gasteiger partial charge in [0.1, 0.15) is 29.5 Å². The lowest BCUT2D eigenvalue weighted by Crippen LogP contribution is -2.01. The summed E-state index contributed by atoms with van der Waals surface area (Å²) in [6, 6.07) is 10.3. The first-order valence-corrected chi connectivity index (χ1v) is 7.54. The maximum absolute atomic E-state index is 11.5. The summed E-state index contributed by atoms with van der Waals surface area (Å²) >= 11 is 0. The Balaban J connectivity index is 2.08. The van der Waals surface area contributed by atoms with E-state index in [1.807, 2.05) is 18.2 Å². The Bertz CT molecular complexity index is 1110. The summed E-state index contributed by atoms with van der Waals surface area (Å²) in [7, 11) is 1.57. The number of nitrogens with zero attached hydrogens (tertiary/aromatic N) is 1. The molecule has 3 heterocycles. The molecule has 0 bridgehead atoms. The molecule has 0 saturated heterocycles. The molecule has 0 saturated carbocycles. The number of rotatable bonds is 4. The second kappa shape index (κ2) is 5.64. The molecule has 4 aromatic rings. The number of benzene rings is 1. The Morgan fingerprint density at radius 3 is 2.76 bits per heavy atom. The smallest absolute Gasteiger partial charge is 0.354 e. The van der Waals surface area contributed by atoms with Crippen LogP contribution in [0.15, 0.2) is 40.8 Å². The number of H-pyrrole nitrogens is 1. The second-order valence-electron chi connectivity index (χ2n) is 5.54. The minimum absolute atomic E-state index is 0.0897. The van der Waals surface area contributed by atoms with Gasteiger partial charge in [0.05, 0.1) is 12.6 Å². The van der Waals surface area contributed by atoms with Gasteiger partial charge in [-0.3, -0.25) is 0 Å². The van der Waals surface area contributed by atoms with E-state index in [-0.39, 0.29) is 12.3 Å². The number of fused-ring (bicyclic) bond motifs is 3. The lowest BCUT2D eigenvalue weighted by Gasteiger charge is -2.03. The molecule has 126 valence electrons. The summed E-state index contributed by atoms with van der Waals surface area (Å²) in [6.07, 6.45) is 0. The zero-order valence-electron chi connectivity index (χ0n) is 13.2. The molecule has 3 aromatic heterocycles. The van der Waals surface area contributed by atoms with E-state index >= 15 is 0 Å². The van der Waals surface area contributed by atoms with Crippen LogP contribution in [0.1, 0.15) is 16.2 Å². The summed E-state index contributed by atoms with van der Waals surface area (Å²) in [5.41, 5.74) is 1.78. The van der Waals surface area contributed by atoms with E-state index in [1.165, 1.54) is 6.07 Å². The largest absolute Gasteiger partial charge is 0.497 e. The molecule has 7 nitrogen and oxygen atoms in total. The van der Waals surface area contributed by atoms with Crippen LogP contribution in [0.5, 0.6) is 5.75 Å². The van der Waals surface area contributed by atoms with Crippen molar-refractivity contribution in [2.24, 2.45) is 0 Å². The highest BCUT2D eigenvalue weighted by atomic mass is 16.5. The molecule has 25 heavy (non-hydrogen) atoms. The third-order valence-electron chi connectivity index (χ3n) is 4.07. The summed E-state index contributed by atoms with van der Waals surface area (Å²) in [5, 5.41) is 20.1. The molecule has 0 atom stereocenters. The number of carboxylic acids is 1. The van der Waals surface area contributed by atoms with Gasteiger partial charge in [-0.2, -0.15) is 0 Å². The van der Waals surface area contributed by atoms with Crippen molar-refractivity contribution in [2.45, 2.75) is 6.61 Å². The lowest BCUT2D eigenvalue weighted by molar-refractivity contribution is 0.0691. The van der Waals surface area contributed by atoms with Gasteiger partial charge in [-0.05, 0) is 36.4 Å². The van der Waals surface area contributed by atoms with Gasteiger partial charge in [0, 0.05) is 16.3 Å². The number of methoxy groups -OCH3 is 1. The molecular formula is C18H14N2O5. The van der Waals surface area contributed by atoms with Crippen molar-refractivity contribution in [3.8, 4) is 17.2 Å². The number of aliphatic hydroxyl groups is 1. The van der Waals surface area contributed by atoms with E-state index < -0.39 is 5.97 Å². The van der Waals surface area contributed by atoms with Gasteiger partial charge in [-0.25, -0.2) is 9.78 Å². The average Bonchev–Trinajstić information content (AvgIpc) is 3.24. The number of carboxylic acid groups (broad SMARTS) is 1. The van der Waals surface area contributed by atoms with Crippen molar-refractivity contribution in [2.75, 3.05) is 7.11 Å². The molecule has 0 aliphatic carbocycles. The Labute approximate surface area is 141 Å². The molecule has 4 rings (SSSR count). The molecule has 0 spiro atoms. The van der Waals surface area contributed by atoms with Crippen molar-refractivity contribution < 1.29 is 24.2 Å². The molecule has 7 heteroatoms. The molecule has 0 unspecified atom stereocenters. The number of hydrogen-bond donors (Lipinski definition) is 3. The van der Waals surface area contributed by atoms with E-state index in [0.717, 1.165) is 10.9 Å². The Hall–Kier alpha value is -3.32. The van der Waals surface area contributed by atoms with Gasteiger partial charge in [-0.15, -0.1) is 0 Å². The Morgan fingerprint density at radius 1 is 1.24 bits per heavy atom. The van der Waals surface area contributed by atoms with Crippen LogP contribution in [0, 0.1) is 0 Å². The Morgan fingerprint density at radius 2 is 2.08 bits per heavy atom. The van der Waals surface area contributed by atoms with Crippen LogP contribution in [-0.2, 0) is 6.61 Å². The normalized spacial score (nSPS) is 11.3. The highest BCUT2D eigenvalue weighted by Gasteiger charge is 2.19. The third kappa shape index (κ3) is 2.41. The number of hydrogen-bond acceptors (Lipinski definition) is 5. The summed E-state index contributed by atoms with van der Waals surface area (Å²) in [6.45, 7) is -0.244. The SMILES string of the molecule is COc1ccc2[nH]c3c(-c4ccc(CO)o4)nc(C(=O)O)cc3c2c1. The summed E-state index contributed by atoms with van der Waals surface area (Å²) < 4.78 is 10.8. The predicted octanol–water partition coefficient (Wildman–Crippen LogP) is 3.18. The molecule has 0 fully saturated rings. The minimum atomic E-state index is -1.13. The van der Waals surface area contributed by atoms with Gasteiger partial charge in [0.2, 0.25) is 0 Å². The number of ether oxygens (including phenoxy) is 1. The highest BCUT2D eigenvalue weighted by Crippen LogP contribution is 2.35. The first-order chi connectivity index (χ1) is 12.1. The van der Waals surface area contributed by atoms with E-state index in [1.54, 1.807) is 19.2 Å². The number of aromatic carboxylic acids is 1. The van der Waals surface area contributed by atoms with Crippen molar-refractivity contribution >= 4 is 27.8 Å². The fourth-order valence-electron chi connectivity index (χ4n) is 2.88. The molecule has 0 radical (unpaired) electrons. The predicted molar refractivity (Wildman–Crippen MR) is 90.7 cm³/mol. The molecule has 0 aliphatic heterocycles. The fraction of sp³-hybridized carbons (Fsp3) is 0.111. The zero-order valence-corrected chi connectivity index (χ0v) is 13.2. The minimum Gasteiger partial charge on any atom is -0.497 e. The van der Waals surface area contributed by atoms with Crippen molar-refractivity contribution in [3.63, 3.8) is 0 Å². The summed E-state index contributed by atoms with van der Waals surface area (Å²) in [5.74, 6) is 0.303. The van der Waals surface area contributed by atoms with E-state index in [0.29, 0.717) is 33.9 Å². The van der Waals surface area contributed by atoms with Crippen LogP contribution in [0.3, 0.4) is 0 Å². The van der Waals surface area contributed by atoms with Gasteiger partial charge >= 0.3 is 5.97 Å². The topological polar surface area (TPSA) is 109 Å². The first kappa shape index (κ1) is 15.2. The van der Waals surface area contributed by atoms with Crippen LogP contribution in [0.4, 0.5) is 0 Å². The lowest BCUT2D eigenvalue weighted by atomic mass is 10.1.